The molecular weight excluding hydrogens is 447 g/mol. The molecule has 0 amide bonds. The summed E-state index contributed by atoms with van der Waals surface area (Å²) in [5, 5.41) is 18.6. The van der Waals surface area contributed by atoms with Crippen LogP contribution in [0.1, 0.15) is 73.4 Å². The second kappa shape index (κ2) is 10.2. The van der Waals surface area contributed by atoms with Gasteiger partial charge in [0, 0.05) is 34.9 Å². The Kier molecular flexibility index (Phi) is 7.04. The Morgan fingerprint density at radius 1 is 1.03 bits per heavy atom. The molecule has 7 heteroatoms. The van der Waals surface area contributed by atoms with Gasteiger partial charge in [-0.15, -0.1) is 10.2 Å². The maximum atomic E-state index is 15.4. The lowest BCUT2D eigenvalue weighted by Gasteiger charge is -2.40. The lowest BCUT2D eigenvalue weighted by molar-refractivity contribution is 0.132. The van der Waals surface area contributed by atoms with Crippen LogP contribution in [0.15, 0.2) is 61.2 Å². The van der Waals surface area contributed by atoms with Gasteiger partial charge < -0.3 is 9.67 Å². The topological polar surface area (TPSA) is 54.2 Å². The van der Waals surface area contributed by atoms with Crippen LogP contribution in [-0.2, 0) is 12.0 Å². The molecule has 1 saturated carbocycles. The van der Waals surface area contributed by atoms with Crippen LogP contribution in [0.5, 0.6) is 0 Å². The highest BCUT2D eigenvalue weighted by Crippen LogP contribution is 2.45. The number of aromatic nitrogens is 3. The molecule has 0 bridgehead atoms. The second-order valence-electron chi connectivity index (χ2n) is 9.89. The number of hydrogen-bond donors (Lipinski definition) is 1. The molecule has 2 aromatic carbocycles. The van der Waals surface area contributed by atoms with Crippen LogP contribution in [0.4, 0.5) is 4.39 Å². The molecule has 5 rings (SSSR count). The van der Waals surface area contributed by atoms with Crippen molar-refractivity contribution in [3.05, 3.63) is 83.7 Å². The number of aliphatic hydroxyl groups excluding tert-OH is 1. The van der Waals surface area contributed by atoms with E-state index in [1.807, 2.05) is 28.6 Å². The second-order valence-corrected chi connectivity index (χ2v) is 11.1. The fourth-order valence-electron chi connectivity index (χ4n) is 5.51. The maximum Gasteiger partial charge on any atom is 0.128 e. The summed E-state index contributed by atoms with van der Waals surface area (Å²) in [5.74, 6) is -0.166. The molecule has 1 saturated heterocycles. The van der Waals surface area contributed by atoms with Gasteiger partial charge in [-0.2, -0.15) is 0 Å². The highest BCUT2D eigenvalue weighted by atomic mass is 32.2. The van der Waals surface area contributed by atoms with E-state index < -0.39 is 0 Å². The van der Waals surface area contributed by atoms with E-state index in [1.165, 1.54) is 5.56 Å². The Labute approximate surface area is 205 Å². The van der Waals surface area contributed by atoms with Gasteiger partial charge in [0.15, 0.2) is 0 Å². The van der Waals surface area contributed by atoms with Crippen molar-refractivity contribution in [2.45, 2.75) is 74.7 Å². The van der Waals surface area contributed by atoms with E-state index in [2.05, 4.69) is 51.8 Å². The number of halogens is 1. The van der Waals surface area contributed by atoms with Crippen LogP contribution in [0.25, 0.3) is 0 Å². The molecule has 3 aromatic rings. The fraction of sp³-hybridized carbons (Fsp3) is 0.481. The zero-order chi connectivity index (χ0) is 23.5. The van der Waals surface area contributed by atoms with Crippen molar-refractivity contribution in [3.8, 4) is 0 Å². The standard InChI is InChI=1S/C27H33FN4OS/c1-20-7-10-26(21-5-3-2-4-6-21)34-32(20)16-22-8-9-23(15-25(22)28)27(17-33)13-11-24(12-14-27)31-18-29-30-19-31/h2-6,8-9,15,18-20,24,26,33H,7,10-14,16-17H2,1H3/t20-,24?,26+,27?/m0/s1. The third kappa shape index (κ3) is 4.79. The quantitative estimate of drug-likeness (QED) is 0.450. The van der Waals surface area contributed by atoms with Gasteiger partial charge in [-0.3, -0.25) is 0 Å². The molecule has 5 nitrogen and oxygen atoms in total. The van der Waals surface area contributed by atoms with Crippen molar-refractivity contribution < 1.29 is 9.50 Å². The van der Waals surface area contributed by atoms with E-state index >= 15 is 4.39 Å². The van der Waals surface area contributed by atoms with E-state index in [4.69, 9.17) is 0 Å². The molecule has 2 aliphatic rings. The minimum absolute atomic E-state index is 0.0401. The fourth-order valence-corrected chi connectivity index (χ4v) is 6.88. The minimum Gasteiger partial charge on any atom is -0.395 e. The predicted octanol–water partition coefficient (Wildman–Crippen LogP) is 5.84. The Hall–Kier alpha value is -2.22. The number of hydrogen-bond acceptors (Lipinski definition) is 5. The molecule has 1 aliphatic carbocycles. The molecule has 180 valence electrons. The molecule has 0 radical (unpaired) electrons. The van der Waals surface area contributed by atoms with Gasteiger partial charge in [0.05, 0.1) is 6.61 Å². The number of benzene rings is 2. The first-order valence-electron chi connectivity index (χ1n) is 12.3. The van der Waals surface area contributed by atoms with Gasteiger partial charge in [0.2, 0.25) is 0 Å². The predicted molar refractivity (Wildman–Crippen MR) is 134 cm³/mol. The first kappa shape index (κ1) is 23.5. The molecular formula is C27H33FN4OS. The zero-order valence-electron chi connectivity index (χ0n) is 19.7. The van der Waals surface area contributed by atoms with Crippen LogP contribution >= 0.6 is 11.9 Å². The molecule has 1 aliphatic heterocycles. The van der Waals surface area contributed by atoms with Gasteiger partial charge in [-0.1, -0.05) is 54.4 Å². The summed E-state index contributed by atoms with van der Waals surface area (Å²) in [4.78, 5) is 0. The Morgan fingerprint density at radius 2 is 1.76 bits per heavy atom. The van der Waals surface area contributed by atoms with Crippen LogP contribution in [0, 0.1) is 5.82 Å². The normalized spacial score (nSPS) is 28.1. The molecule has 2 heterocycles. The van der Waals surface area contributed by atoms with Gasteiger partial charge in [-0.05, 0) is 62.6 Å². The van der Waals surface area contributed by atoms with E-state index in [0.717, 1.165) is 49.7 Å². The maximum absolute atomic E-state index is 15.4. The zero-order valence-corrected chi connectivity index (χ0v) is 20.5. The van der Waals surface area contributed by atoms with Crippen molar-refractivity contribution in [1.29, 1.82) is 0 Å². The van der Waals surface area contributed by atoms with Crippen LogP contribution < -0.4 is 0 Å². The first-order valence-corrected chi connectivity index (χ1v) is 13.1. The lowest BCUT2D eigenvalue weighted by Crippen LogP contribution is -2.36. The Morgan fingerprint density at radius 3 is 2.44 bits per heavy atom. The first-order chi connectivity index (χ1) is 16.6. The molecule has 1 N–H and O–H groups in total. The average molecular weight is 481 g/mol. The smallest absolute Gasteiger partial charge is 0.128 e. The number of nitrogens with zero attached hydrogens (tertiary/aromatic N) is 4. The summed E-state index contributed by atoms with van der Waals surface area (Å²) < 4.78 is 19.8. The largest absolute Gasteiger partial charge is 0.395 e. The van der Waals surface area contributed by atoms with Crippen molar-refractivity contribution >= 4 is 11.9 Å². The summed E-state index contributed by atoms with van der Waals surface area (Å²) in [6.45, 7) is 2.86. The van der Waals surface area contributed by atoms with Crippen molar-refractivity contribution in [3.63, 3.8) is 0 Å². The van der Waals surface area contributed by atoms with Crippen LogP contribution in [0.2, 0.25) is 0 Å². The molecule has 1 aromatic heterocycles. The number of aliphatic hydroxyl groups is 1. The highest BCUT2D eigenvalue weighted by molar-refractivity contribution is 7.97. The molecule has 2 atom stereocenters. The number of rotatable bonds is 6. The molecule has 0 spiro atoms. The Balaban J connectivity index is 1.28. The van der Waals surface area contributed by atoms with Gasteiger partial charge in [-0.25, -0.2) is 8.70 Å². The highest BCUT2D eigenvalue weighted by Gasteiger charge is 2.37. The van der Waals surface area contributed by atoms with Crippen molar-refractivity contribution in [2.24, 2.45) is 0 Å². The Bertz CT molecular complexity index is 1070. The molecule has 0 unspecified atom stereocenters. The third-order valence-corrected chi connectivity index (χ3v) is 9.36. The van der Waals surface area contributed by atoms with Crippen LogP contribution in [0.3, 0.4) is 0 Å². The summed E-state index contributed by atoms with van der Waals surface area (Å²) in [6, 6.07) is 17.0. The van der Waals surface area contributed by atoms with E-state index in [9.17, 15) is 5.11 Å². The summed E-state index contributed by atoms with van der Waals surface area (Å²) >= 11 is 1.85. The monoisotopic (exact) mass is 480 g/mol. The lowest BCUT2D eigenvalue weighted by atomic mass is 9.68. The summed E-state index contributed by atoms with van der Waals surface area (Å²) in [5.41, 5.74) is 2.60. The van der Waals surface area contributed by atoms with Crippen molar-refractivity contribution in [1.82, 2.24) is 19.1 Å². The van der Waals surface area contributed by atoms with Gasteiger partial charge in [0.1, 0.15) is 18.5 Å². The third-order valence-electron chi connectivity index (χ3n) is 7.84. The average Bonchev–Trinajstić information content (AvgIpc) is 3.42. The van der Waals surface area contributed by atoms with E-state index in [0.29, 0.717) is 23.9 Å². The summed E-state index contributed by atoms with van der Waals surface area (Å²) in [6.07, 6.45) is 9.25. The van der Waals surface area contributed by atoms with Gasteiger partial charge in [0.25, 0.3) is 0 Å². The molecule has 2 fully saturated rings. The van der Waals surface area contributed by atoms with E-state index in [-0.39, 0.29) is 17.8 Å². The van der Waals surface area contributed by atoms with E-state index in [1.54, 1.807) is 18.7 Å². The molecule has 34 heavy (non-hydrogen) atoms. The SMILES string of the molecule is C[C@H]1CC[C@H](c2ccccc2)SN1Cc1ccc(C2(CO)CCC(n3cnnc3)CC2)cc1F. The van der Waals surface area contributed by atoms with Gasteiger partial charge >= 0.3 is 0 Å². The minimum atomic E-state index is -0.380. The summed E-state index contributed by atoms with van der Waals surface area (Å²) in [7, 11) is 0. The van der Waals surface area contributed by atoms with Crippen molar-refractivity contribution in [2.75, 3.05) is 6.61 Å². The van der Waals surface area contributed by atoms with Crippen LogP contribution in [-0.4, -0.2) is 36.8 Å².